The molecule has 1 amide bonds. The molecule has 0 bridgehead atoms. The minimum atomic E-state index is -0.329. The van der Waals surface area contributed by atoms with Gasteiger partial charge in [-0.25, -0.2) is 14.5 Å². The molecule has 10 heteroatoms. The van der Waals surface area contributed by atoms with Gasteiger partial charge in [-0.3, -0.25) is 14.5 Å². The van der Waals surface area contributed by atoms with Crippen LogP contribution in [0.4, 0.5) is 10.8 Å². The molecule has 0 unspecified atom stereocenters. The molecule has 4 aromatic rings. The van der Waals surface area contributed by atoms with E-state index in [0.717, 1.165) is 33.8 Å². The van der Waals surface area contributed by atoms with Gasteiger partial charge in [-0.15, -0.1) is 11.3 Å². The third-order valence-corrected chi connectivity index (χ3v) is 6.69. The Balaban J connectivity index is 1.40. The van der Waals surface area contributed by atoms with Crippen LogP contribution in [0.1, 0.15) is 47.1 Å². The van der Waals surface area contributed by atoms with Crippen molar-refractivity contribution >= 4 is 39.8 Å². The van der Waals surface area contributed by atoms with Crippen molar-refractivity contribution in [2.45, 2.75) is 54.1 Å². The minimum Gasteiger partial charge on any atom is -0.459 e. The first-order valence-corrected chi connectivity index (χ1v) is 11.8. The van der Waals surface area contributed by atoms with Crippen molar-refractivity contribution in [1.29, 1.82) is 0 Å². The summed E-state index contributed by atoms with van der Waals surface area (Å²) in [5.74, 6) is 0.0846. The topological polar surface area (TPSA) is 103 Å². The summed E-state index contributed by atoms with van der Waals surface area (Å²) in [6.45, 7) is 9.38. The molecule has 0 atom stereocenters. The second kappa shape index (κ2) is 9.68. The van der Waals surface area contributed by atoms with Crippen LogP contribution < -0.4 is 4.90 Å². The molecule has 34 heavy (non-hydrogen) atoms. The third kappa shape index (κ3) is 4.67. The molecular weight excluding hydrogens is 452 g/mol. The molecule has 0 fully saturated rings. The standard InChI is InChI=1S/C24H26N6O3S/c1-14-7-6-8-21(15(14)2)29(18(5)31)24-28-19(12-34-24)11-33-22(32)10-9-20-16(3)27-23-25-13-26-30(23)17(20)4/h6-8,12-13H,9-11H2,1-5H3. The van der Waals surface area contributed by atoms with E-state index >= 15 is 0 Å². The highest BCUT2D eigenvalue weighted by Gasteiger charge is 2.21. The number of carbonyl (C=O) groups is 2. The average Bonchev–Trinajstić information content (AvgIpc) is 3.45. The molecule has 0 aliphatic heterocycles. The SMILES string of the molecule is CC(=O)N(c1nc(COC(=O)CCc2c(C)nc3ncnn3c2C)cs1)c1cccc(C)c1C. The summed E-state index contributed by atoms with van der Waals surface area (Å²) in [5.41, 5.74) is 6.20. The number of ether oxygens (including phenoxy) is 1. The number of fused-ring (bicyclic) bond motifs is 1. The molecule has 1 aromatic carbocycles. The number of thiazole rings is 1. The van der Waals surface area contributed by atoms with Crippen molar-refractivity contribution in [1.82, 2.24) is 24.6 Å². The molecule has 0 radical (unpaired) electrons. The molecule has 3 aromatic heterocycles. The van der Waals surface area contributed by atoms with Gasteiger partial charge < -0.3 is 4.74 Å². The van der Waals surface area contributed by atoms with Crippen molar-refractivity contribution < 1.29 is 14.3 Å². The number of aryl methyl sites for hydroxylation is 3. The van der Waals surface area contributed by atoms with E-state index in [-0.39, 0.29) is 24.9 Å². The van der Waals surface area contributed by atoms with Crippen LogP contribution in [0.2, 0.25) is 0 Å². The first kappa shape index (κ1) is 23.5. The Labute approximate surface area is 201 Å². The van der Waals surface area contributed by atoms with Crippen LogP contribution in [0.15, 0.2) is 29.9 Å². The van der Waals surface area contributed by atoms with Crippen LogP contribution in [-0.2, 0) is 27.4 Å². The first-order chi connectivity index (χ1) is 16.3. The summed E-state index contributed by atoms with van der Waals surface area (Å²) < 4.78 is 7.12. The van der Waals surface area contributed by atoms with Crippen molar-refractivity contribution in [2.75, 3.05) is 4.90 Å². The Kier molecular flexibility index (Phi) is 6.69. The zero-order chi connectivity index (χ0) is 24.4. The fourth-order valence-corrected chi connectivity index (χ4v) is 4.69. The molecule has 3 heterocycles. The van der Waals surface area contributed by atoms with Gasteiger partial charge in [0.05, 0.1) is 11.4 Å². The zero-order valence-electron chi connectivity index (χ0n) is 19.8. The van der Waals surface area contributed by atoms with Crippen LogP contribution in [0.5, 0.6) is 0 Å². The number of carbonyl (C=O) groups excluding carboxylic acids is 2. The summed E-state index contributed by atoms with van der Waals surface area (Å²) in [6, 6.07) is 5.83. The van der Waals surface area contributed by atoms with E-state index in [9.17, 15) is 9.59 Å². The zero-order valence-corrected chi connectivity index (χ0v) is 20.6. The predicted molar refractivity (Wildman–Crippen MR) is 129 cm³/mol. The lowest BCUT2D eigenvalue weighted by molar-refractivity contribution is -0.145. The molecule has 0 saturated heterocycles. The largest absolute Gasteiger partial charge is 0.459 e. The van der Waals surface area contributed by atoms with Gasteiger partial charge in [0.1, 0.15) is 12.9 Å². The van der Waals surface area contributed by atoms with E-state index in [2.05, 4.69) is 20.1 Å². The Morgan fingerprint density at radius 1 is 1.15 bits per heavy atom. The highest BCUT2D eigenvalue weighted by atomic mass is 32.1. The number of hydrogen-bond donors (Lipinski definition) is 0. The maximum absolute atomic E-state index is 12.4. The van der Waals surface area contributed by atoms with E-state index in [1.54, 1.807) is 14.8 Å². The number of aromatic nitrogens is 5. The second-order valence-electron chi connectivity index (χ2n) is 8.09. The van der Waals surface area contributed by atoms with E-state index < -0.39 is 0 Å². The number of rotatable bonds is 7. The summed E-state index contributed by atoms with van der Waals surface area (Å²) in [5, 5.41) is 6.53. The summed E-state index contributed by atoms with van der Waals surface area (Å²) in [7, 11) is 0. The highest BCUT2D eigenvalue weighted by Crippen LogP contribution is 2.32. The smallest absolute Gasteiger partial charge is 0.306 e. The number of nitrogens with zero attached hydrogens (tertiary/aromatic N) is 6. The molecule has 0 N–H and O–H groups in total. The lowest BCUT2D eigenvalue weighted by Gasteiger charge is -2.21. The van der Waals surface area contributed by atoms with Gasteiger partial charge in [0, 0.05) is 30.1 Å². The summed E-state index contributed by atoms with van der Waals surface area (Å²) >= 11 is 1.34. The van der Waals surface area contributed by atoms with Crippen molar-refractivity contribution in [3.05, 3.63) is 63.7 Å². The number of hydrogen-bond acceptors (Lipinski definition) is 8. The molecule has 0 spiro atoms. The molecule has 0 saturated carbocycles. The van der Waals surface area contributed by atoms with Gasteiger partial charge in [-0.1, -0.05) is 12.1 Å². The number of benzene rings is 1. The summed E-state index contributed by atoms with van der Waals surface area (Å²) in [6.07, 6.45) is 2.16. The van der Waals surface area contributed by atoms with Crippen molar-refractivity contribution in [2.24, 2.45) is 0 Å². The quantitative estimate of drug-likeness (QED) is 0.367. The van der Waals surface area contributed by atoms with Crippen LogP contribution in [0.25, 0.3) is 5.78 Å². The molecule has 0 aliphatic rings. The molecule has 4 rings (SSSR count). The number of esters is 1. The maximum atomic E-state index is 12.4. The Morgan fingerprint density at radius 2 is 1.94 bits per heavy atom. The molecule has 0 aliphatic carbocycles. The van der Waals surface area contributed by atoms with E-state index in [0.29, 0.717) is 23.0 Å². The lowest BCUT2D eigenvalue weighted by atomic mass is 10.1. The molecule has 9 nitrogen and oxygen atoms in total. The van der Waals surface area contributed by atoms with Crippen molar-refractivity contribution in [3.63, 3.8) is 0 Å². The van der Waals surface area contributed by atoms with Crippen LogP contribution in [0, 0.1) is 27.7 Å². The average molecular weight is 479 g/mol. The van der Waals surface area contributed by atoms with Crippen LogP contribution in [0.3, 0.4) is 0 Å². The molecular formula is C24H26N6O3S. The van der Waals surface area contributed by atoms with Crippen LogP contribution >= 0.6 is 11.3 Å². The highest BCUT2D eigenvalue weighted by molar-refractivity contribution is 7.14. The second-order valence-corrected chi connectivity index (χ2v) is 8.93. The van der Waals surface area contributed by atoms with E-state index in [1.165, 1.54) is 24.6 Å². The minimum absolute atomic E-state index is 0.0478. The van der Waals surface area contributed by atoms with Gasteiger partial charge in [-0.2, -0.15) is 10.1 Å². The predicted octanol–water partition coefficient (Wildman–Crippen LogP) is 4.18. The fraction of sp³-hybridized carbons (Fsp3) is 0.333. The summed E-state index contributed by atoms with van der Waals surface area (Å²) in [4.78, 5) is 39.5. The number of amides is 1. The maximum Gasteiger partial charge on any atom is 0.306 e. The third-order valence-electron chi connectivity index (χ3n) is 5.81. The van der Waals surface area contributed by atoms with Crippen molar-refractivity contribution in [3.8, 4) is 0 Å². The Morgan fingerprint density at radius 3 is 2.71 bits per heavy atom. The normalized spacial score (nSPS) is 11.1. The Bertz CT molecular complexity index is 1380. The van der Waals surface area contributed by atoms with Gasteiger partial charge >= 0.3 is 5.97 Å². The lowest BCUT2D eigenvalue weighted by Crippen LogP contribution is -2.23. The van der Waals surface area contributed by atoms with Gasteiger partial charge in [0.15, 0.2) is 5.13 Å². The van der Waals surface area contributed by atoms with Gasteiger partial charge in [-0.05, 0) is 56.9 Å². The van der Waals surface area contributed by atoms with Gasteiger partial charge in [0.2, 0.25) is 5.91 Å². The molecule has 176 valence electrons. The van der Waals surface area contributed by atoms with E-state index in [1.807, 2.05) is 45.9 Å². The Hall–Kier alpha value is -3.66. The van der Waals surface area contributed by atoms with E-state index in [4.69, 9.17) is 4.74 Å². The van der Waals surface area contributed by atoms with Gasteiger partial charge in [0.25, 0.3) is 5.78 Å². The fourth-order valence-electron chi connectivity index (χ4n) is 3.82. The first-order valence-electron chi connectivity index (χ1n) is 10.9. The van der Waals surface area contributed by atoms with Crippen LogP contribution in [-0.4, -0.2) is 36.4 Å². The monoisotopic (exact) mass is 478 g/mol. The number of anilines is 2.